The SMILES string of the molecule is O=C1CC(=O)N(c2ccncc2Cl)C1. The van der Waals surface area contributed by atoms with Gasteiger partial charge in [0.2, 0.25) is 5.91 Å². The lowest BCUT2D eigenvalue weighted by atomic mass is 10.3. The third-order valence-corrected chi connectivity index (χ3v) is 2.32. The van der Waals surface area contributed by atoms with Gasteiger partial charge in [-0.2, -0.15) is 0 Å². The molecule has 1 saturated heterocycles. The average molecular weight is 211 g/mol. The number of ketones is 1. The molecule has 14 heavy (non-hydrogen) atoms. The summed E-state index contributed by atoms with van der Waals surface area (Å²) in [6, 6.07) is 1.62. The lowest BCUT2D eigenvalue weighted by Gasteiger charge is -2.15. The van der Waals surface area contributed by atoms with Crippen molar-refractivity contribution in [3.63, 3.8) is 0 Å². The summed E-state index contributed by atoms with van der Waals surface area (Å²) in [6.45, 7) is 0.114. The standard InChI is InChI=1S/C9H7ClN2O2/c10-7-4-11-2-1-8(7)12-5-6(13)3-9(12)14/h1-2,4H,3,5H2. The third kappa shape index (κ3) is 1.48. The Hall–Kier alpha value is -1.42. The number of halogens is 1. The molecule has 4 nitrogen and oxygen atoms in total. The molecular weight excluding hydrogens is 204 g/mol. The topological polar surface area (TPSA) is 50.3 Å². The first-order chi connectivity index (χ1) is 6.68. The molecule has 0 aliphatic carbocycles. The van der Waals surface area contributed by atoms with Crippen LogP contribution in [0.4, 0.5) is 5.69 Å². The van der Waals surface area contributed by atoms with Gasteiger partial charge in [0.25, 0.3) is 0 Å². The predicted octanol–water partition coefficient (Wildman–Crippen LogP) is 1.04. The van der Waals surface area contributed by atoms with Gasteiger partial charge >= 0.3 is 0 Å². The summed E-state index contributed by atoms with van der Waals surface area (Å²) >= 11 is 5.85. The van der Waals surface area contributed by atoms with Crippen molar-refractivity contribution in [2.45, 2.75) is 6.42 Å². The molecule has 0 aromatic carbocycles. The van der Waals surface area contributed by atoms with Crippen molar-refractivity contribution in [1.82, 2.24) is 4.98 Å². The molecule has 2 heterocycles. The van der Waals surface area contributed by atoms with Gasteiger partial charge in [-0.3, -0.25) is 14.6 Å². The number of Topliss-reactive ketones (excluding diaryl/α,β-unsaturated/α-hetero) is 1. The smallest absolute Gasteiger partial charge is 0.234 e. The van der Waals surface area contributed by atoms with Crippen LogP contribution in [0.15, 0.2) is 18.5 Å². The number of hydrogen-bond acceptors (Lipinski definition) is 3. The van der Waals surface area contributed by atoms with Crippen molar-refractivity contribution in [3.05, 3.63) is 23.5 Å². The molecule has 1 aromatic rings. The lowest BCUT2D eigenvalue weighted by molar-refractivity contribution is -0.121. The highest BCUT2D eigenvalue weighted by Crippen LogP contribution is 2.26. The van der Waals surface area contributed by atoms with Crippen LogP contribution >= 0.6 is 11.6 Å². The van der Waals surface area contributed by atoms with Crippen LogP contribution in [0.5, 0.6) is 0 Å². The zero-order valence-corrected chi connectivity index (χ0v) is 7.99. The van der Waals surface area contributed by atoms with Crippen LogP contribution in [0.1, 0.15) is 6.42 Å². The first-order valence-corrected chi connectivity index (χ1v) is 4.48. The van der Waals surface area contributed by atoms with Crippen molar-refractivity contribution in [1.29, 1.82) is 0 Å². The molecule has 0 N–H and O–H groups in total. The number of hydrogen-bond donors (Lipinski definition) is 0. The van der Waals surface area contributed by atoms with E-state index < -0.39 is 0 Å². The van der Waals surface area contributed by atoms with Crippen LogP contribution in [-0.2, 0) is 9.59 Å². The fourth-order valence-corrected chi connectivity index (χ4v) is 1.61. The van der Waals surface area contributed by atoms with E-state index in [1.165, 1.54) is 17.3 Å². The maximum absolute atomic E-state index is 11.4. The quantitative estimate of drug-likeness (QED) is 0.651. The number of amides is 1. The zero-order chi connectivity index (χ0) is 10.1. The average Bonchev–Trinajstić information content (AvgIpc) is 2.46. The van der Waals surface area contributed by atoms with Crippen LogP contribution in [0.2, 0.25) is 5.02 Å². The second-order valence-electron chi connectivity index (χ2n) is 3.02. The normalized spacial score (nSPS) is 16.5. The summed E-state index contributed by atoms with van der Waals surface area (Å²) in [4.78, 5) is 27.6. The van der Waals surface area contributed by atoms with Crippen LogP contribution in [-0.4, -0.2) is 23.2 Å². The lowest BCUT2D eigenvalue weighted by Crippen LogP contribution is -2.24. The van der Waals surface area contributed by atoms with E-state index in [2.05, 4.69) is 4.98 Å². The molecular formula is C9H7ClN2O2. The van der Waals surface area contributed by atoms with Crippen molar-refractivity contribution in [3.8, 4) is 0 Å². The highest BCUT2D eigenvalue weighted by Gasteiger charge is 2.29. The molecule has 0 radical (unpaired) electrons. The highest BCUT2D eigenvalue weighted by molar-refractivity contribution is 6.34. The Balaban J connectivity index is 2.36. The van der Waals surface area contributed by atoms with E-state index in [0.717, 1.165) is 0 Å². The minimum Gasteiger partial charge on any atom is -0.303 e. The molecule has 1 aliphatic rings. The van der Waals surface area contributed by atoms with E-state index in [0.29, 0.717) is 10.7 Å². The molecule has 1 fully saturated rings. The first-order valence-electron chi connectivity index (χ1n) is 4.10. The second-order valence-corrected chi connectivity index (χ2v) is 3.43. The molecule has 1 aromatic heterocycles. The minimum atomic E-state index is -0.205. The number of anilines is 1. The van der Waals surface area contributed by atoms with E-state index in [9.17, 15) is 9.59 Å². The Morgan fingerprint density at radius 2 is 2.21 bits per heavy atom. The predicted molar refractivity (Wildman–Crippen MR) is 51.2 cm³/mol. The number of nitrogens with zero attached hydrogens (tertiary/aromatic N) is 2. The number of carbonyl (C=O) groups is 2. The fraction of sp³-hybridized carbons (Fsp3) is 0.222. The molecule has 2 rings (SSSR count). The summed E-state index contributed by atoms with van der Waals surface area (Å²) in [6.07, 6.45) is 2.96. The van der Waals surface area contributed by atoms with E-state index in [1.807, 2.05) is 0 Å². The van der Waals surface area contributed by atoms with Crippen LogP contribution in [0, 0.1) is 0 Å². The minimum absolute atomic E-state index is 0.0291. The van der Waals surface area contributed by atoms with Gasteiger partial charge in [0.15, 0.2) is 5.78 Å². The molecule has 1 aliphatic heterocycles. The van der Waals surface area contributed by atoms with Gasteiger partial charge in [0, 0.05) is 12.4 Å². The van der Waals surface area contributed by atoms with Crippen molar-refractivity contribution < 1.29 is 9.59 Å². The van der Waals surface area contributed by atoms with Gasteiger partial charge in [-0.1, -0.05) is 11.6 Å². The van der Waals surface area contributed by atoms with Gasteiger partial charge in [-0.15, -0.1) is 0 Å². The van der Waals surface area contributed by atoms with Gasteiger partial charge in [-0.05, 0) is 6.07 Å². The molecule has 0 spiro atoms. The van der Waals surface area contributed by atoms with Crippen molar-refractivity contribution in [2.75, 3.05) is 11.4 Å². The Morgan fingerprint density at radius 3 is 2.79 bits per heavy atom. The largest absolute Gasteiger partial charge is 0.303 e. The first kappa shape index (κ1) is 9.15. The summed E-state index contributed by atoms with van der Waals surface area (Å²) < 4.78 is 0. The maximum atomic E-state index is 11.4. The summed E-state index contributed by atoms with van der Waals surface area (Å²) in [7, 11) is 0. The Morgan fingerprint density at radius 1 is 1.43 bits per heavy atom. The van der Waals surface area contributed by atoms with Crippen LogP contribution < -0.4 is 4.90 Å². The van der Waals surface area contributed by atoms with Crippen LogP contribution in [0.25, 0.3) is 0 Å². The monoisotopic (exact) mass is 210 g/mol. The molecule has 0 saturated carbocycles. The summed E-state index contributed by atoms with van der Waals surface area (Å²) in [5.74, 6) is -0.286. The highest BCUT2D eigenvalue weighted by atomic mass is 35.5. The Bertz CT molecular complexity index is 406. The van der Waals surface area contributed by atoms with Gasteiger partial charge in [0.1, 0.15) is 0 Å². The van der Waals surface area contributed by atoms with Gasteiger partial charge < -0.3 is 4.90 Å². The Kier molecular flexibility index (Phi) is 2.21. The maximum Gasteiger partial charge on any atom is 0.234 e. The van der Waals surface area contributed by atoms with Crippen molar-refractivity contribution >= 4 is 29.0 Å². The Labute approximate surface area is 85.5 Å². The number of carbonyl (C=O) groups excluding carboxylic acids is 2. The molecule has 5 heteroatoms. The van der Waals surface area contributed by atoms with E-state index in [-0.39, 0.29) is 24.7 Å². The van der Waals surface area contributed by atoms with Crippen LogP contribution in [0.3, 0.4) is 0 Å². The van der Waals surface area contributed by atoms with Gasteiger partial charge in [-0.25, -0.2) is 0 Å². The summed E-state index contributed by atoms with van der Waals surface area (Å²) in [5.41, 5.74) is 0.553. The van der Waals surface area contributed by atoms with Crippen molar-refractivity contribution in [2.24, 2.45) is 0 Å². The molecule has 0 bridgehead atoms. The zero-order valence-electron chi connectivity index (χ0n) is 7.24. The molecule has 1 amide bonds. The van der Waals surface area contributed by atoms with E-state index in [4.69, 9.17) is 11.6 Å². The number of aromatic nitrogens is 1. The summed E-state index contributed by atoms with van der Waals surface area (Å²) in [5, 5.41) is 0.385. The molecule has 0 atom stereocenters. The fourth-order valence-electron chi connectivity index (χ4n) is 1.39. The molecule has 72 valence electrons. The number of pyridine rings is 1. The number of rotatable bonds is 1. The van der Waals surface area contributed by atoms with Gasteiger partial charge in [0.05, 0.1) is 23.7 Å². The van der Waals surface area contributed by atoms with E-state index in [1.54, 1.807) is 6.07 Å². The third-order valence-electron chi connectivity index (χ3n) is 2.03. The van der Waals surface area contributed by atoms with E-state index >= 15 is 0 Å². The second kappa shape index (κ2) is 3.38. The molecule has 0 unspecified atom stereocenters.